The maximum Gasteiger partial charge on any atom is 0.116 e. The van der Waals surface area contributed by atoms with Gasteiger partial charge in [0.05, 0.1) is 0 Å². The molecule has 0 bridgehead atoms. The van der Waals surface area contributed by atoms with Gasteiger partial charge in [-0.3, -0.25) is 0 Å². The van der Waals surface area contributed by atoms with Crippen molar-refractivity contribution in [1.82, 2.24) is 9.97 Å². The predicted molar refractivity (Wildman–Crippen MR) is 70.7 cm³/mol. The average Bonchev–Trinajstić information content (AvgIpc) is 2.40. The van der Waals surface area contributed by atoms with E-state index in [0.29, 0.717) is 0 Å². The van der Waals surface area contributed by atoms with E-state index in [4.69, 9.17) is 0 Å². The van der Waals surface area contributed by atoms with Gasteiger partial charge in [0.15, 0.2) is 0 Å². The second-order valence-electron chi connectivity index (χ2n) is 3.98. The largest absolute Gasteiger partial charge is 0.241 e. The number of nitrogens with zero attached hydrogens (tertiary/aromatic N) is 2. The summed E-state index contributed by atoms with van der Waals surface area (Å²) in [4.78, 5) is 9.89. The molecule has 3 rings (SSSR count). The highest BCUT2D eigenvalue weighted by Gasteiger charge is 2.16. The Morgan fingerprint density at radius 2 is 1.94 bits per heavy atom. The predicted octanol–water partition coefficient (Wildman–Crippen LogP) is 3.47. The number of hydrogen-bond acceptors (Lipinski definition) is 3. The Hall–Kier alpha value is -1.61. The Kier molecular flexibility index (Phi) is 2.69. The minimum atomic E-state index is 0.930. The Morgan fingerprint density at radius 3 is 2.76 bits per heavy atom. The molecule has 1 aliphatic rings. The van der Waals surface area contributed by atoms with E-state index in [1.165, 1.54) is 16.0 Å². The van der Waals surface area contributed by atoms with Gasteiger partial charge in [-0.05, 0) is 18.9 Å². The van der Waals surface area contributed by atoms with Crippen molar-refractivity contribution in [3.05, 3.63) is 59.6 Å². The van der Waals surface area contributed by atoms with Crippen LogP contribution in [-0.4, -0.2) is 9.97 Å². The van der Waals surface area contributed by atoms with Gasteiger partial charge in [0.2, 0.25) is 0 Å². The van der Waals surface area contributed by atoms with Crippen LogP contribution in [0.2, 0.25) is 0 Å². The zero-order valence-corrected chi connectivity index (χ0v) is 10.4. The monoisotopic (exact) mass is 240 g/mol. The van der Waals surface area contributed by atoms with Gasteiger partial charge in [-0.25, -0.2) is 9.97 Å². The normalized spacial score (nSPS) is 14.1. The molecule has 0 N–H and O–H groups in total. The molecule has 2 aromatic rings. The Labute approximate surface area is 105 Å². The first-order chi connectivity index (χ1) is 8.34. The molecule has 0 atom stereocenters. The molecular formula is C14H12N2S. The van der Waals surface area contributed by atoms with Gasteiger partial charge in [0.25, 0.3) is 0 Å². The van der Waals surface area contributed by atoms with Crippen molar-refractivity contribution < 1.29 is 0 Å². The highest BCUT2D eigenvalue weighted by Crippen LogP contribution is 2.39. The molecule has 1 aliphatic heterocycles. The lowest BCUT2D eigenvalue weighted by Crippen LogP contribution is -2.01. The summed E-state index contributed by atoms with van der Waals surface area (Å²) in [5.41, 5.74) is 3.61. The Balaban J connectivity index is 1.98. The molecule has 0 radical (unpaired) electrons. The molecule has 3 heteroatoms. The standard InChI is InChI=1S/C14H12N2S/c1-10-12-7-8-13(11-5-3-2-4-6-11)17-14(12)16-9-15-10/h2-6,8-9H,7H2,1H3. The maximum atomic E-state index is 4.37. The van der Waals surface area contributed by atoms with Crippen molar-refractivity contribution >= 4 is 16.7 Å². The fraction of sp³-hybridized carbons (Fsp3) is 0.143. The molecule has 0 saturated carbocycles. The summed E-state index contributed by atoms with van der Waals surface area (Å²) in [5.74, 6) is 0. The van der Waals surface area contributed by atoms with Crippen LogP contribution < -0.4 is 0 Å². The Bertz CT molecular complexity index is 576. The van der Waals surface area contributed by atoms with Crippen molar-refractivity contribution in [2.45, 2.75) is 18.4 Å². The van der Waals surface area contributed by atoms with E-state index in [1.807, 2.05) is 13.0 Å². The first kappa shape index (κ1) is 10.5. The number of benzene rings is 1. The van der Waals surface area contributed by atoms with Crippen molar-refractivity contribution in [2.75, 3.05) is 0 Å². The van der Waals surface area contributed by atoms with Crippen LogP contribution in [-0.2, 0) is 6.42 Å². The topological polar surface area (TPSA) is 25.8 Å². The van der Waals surface area contributed by atoms with Gasteiger partial charge < -0.3 is 0 Å². The van der Waals surface area contributed by atoms with E-state index in [0.717, 1.165) is 17.1 Å². The molecule has 0 unspecified atom stereocenters. The third-order valence-electron chi connectivity index (χ3n) is 2.88. The maximum absolute atomic E-state index is 4.37. The second kappa shape index (κ2) is 4.34. The van der Waals surface area contributed by atoms with E-state index in [-0.39, 0.29) is 0 Å². The molecular weight excluding hydrogens is 228 g/mol. The van der Waals surface area contributed by atoms with Gasteiger partial charge in [-0.15, -0.1) is 0 Å². The SMILES string of the molecule is Cc1ncnc2c1CC=C(c1ccccc1)S2. The van der Waals surface area contributed by atoms with Gasteiger partial charge in [0.1, 0.15) is 11.4 Å². The van der Waals surface area contributed by atoms with E-state index < -0.39 is 0 Å². The van der Waals surface area contributed by atoms with Crippen molar-refractivity contribution in [2.24, 2.45) is 0 Å². The van der Waals surface area contributed by atoms with Crippen molar-refractivity contribution in [3.8, 4) is 0 Å². The molecule has 17 heavy (non-hydrogen) atoms. The first-order valence-corrected chi connectivity index (χ1v) is 6.40. The fourth-order valence-corrected chi connectivity index (χ4v) is 3.00. The lowest BCUT2D eigenvalue weighted by Gasteiger charge is -2.16. The van der Waals surface area contributed by atoms with Crippen molar-refractivity contribution in [1.29, 1.82) is 0 Å². The third kappa shape index (κ3) is 1.98. The van der Waals surface area contributed by atoms with E-state index in [9.17, 15) is 0 Å². The number of thioether (sulfide) groups is 1. The number of allylic oxidation sites excluding steroid dienone is 1. The lowest BCUT2D eigenvalue weighted by molar-refractivity contribution is 0.933. The highest BCUT2D eigenvalue weighted by molar-refractivity contribution is 8.08. The number of aromatic nitrogens is 2. The Morgan fingerprint density at radius 1 is 1.12 bits per heavy atom. The van der Waals surface area contributed by atoms with Crippen LogP contribution >= 0.6 is 11.8 Å². The number of fused-ring (bicyclic) bond motifs is 1. The number of aryl methyl sites for hydroxylation is 1. The summed E-state index contributed by atoms with van der Waals surface area (Å²) < 4.78 is 0. The first-order valence-electron chi connectivity index (χ1n) is 5.58. The zero-order chi connectivity index (χ0) is 11.7. The molecule has 0 amide bonds. The summed E-state index contributed by atoms with van der Waals surface area (Å²) in [7, 11) is 0. The van der Waals surface area contributed by atoms with Crippen molar-refractivity contribution in [3.63, 3.8) is 0 Å². The minimum absolute atomic E-state index is 0.930. The van der Waals surface area contributed by atoms with Gasteiger partial charge in [-0.1, -0.05) is 48.2 Å². The van der Waals surface area contributed by atoms with Crippen LogP contribution in [0.3, 0.4) is 0 Å². The van der Waals surface area contributed by atoms with Crippen LogP contribution in [0.25, 0.3) is 4.91 Å². The quantitative estimate of drug-likeness (QED) is 0.714. The van der Waals surface area contributed by atoms with Crippen LogP contribution in [0.1, 0.15) is 16.8 Å². The molecule has 84 valence electrons. The second-order valence-corrected chi connectivity index (χ2v) is 5.01. The molecule has 2 nitrogen and oxygen atoms in total. The number of rotatable bonds is 1. The van der Waals surface area contributed by atoms with Gasteiger partial charge in [0, 0.05) is 16.2 Å². The molecule has 0 fully saturated rings. The van der Waals surface area contributed by atoms with E-state index in [2.05, 4.69) is 40.3 Å². The highest BCUT2D eigenvalue weighted by atomic mass is 32.2. The summed E-state index contributed by atoms with van der Waals surface area (Å²) in [6.07, 6.45) is 4.84. The minimum Gasteiger partial charge on any atom is -0.241 e. The van der Waals surface area contributed by atoms with Crippen LogP contribution in [0.4, 0.5) is 0 Å². The van der Waals surface area contributed by atoms with E-state index in [1.54, 1.807) is 18.1 Å². The molecule has 0 spiro atoms. The summed E-state index contributed by atoms with van der Waals surface area (Å²) >= 11 is 1.73. The molecule has 0 aliphatic carbocycles. The van der Waals surface area contributed by atoms with E-state index >= 15 is 0 Å². The summed E-state index contributed by atoms with van der Waals surface area (Å²) in [6.45, 7) is 2.04. The fourth-order valence-electron chi connectivity index (χ4n) is 1.92. The average molecular weight is 240 g/mol. The third-order valence-corrected chi connectivity index (χ3v) is 4.05. The summed E-state index contributed by atoms with van der Waals surface area (Å²) in [6, 6.07) is 10.4. The van der Waals surface area contributed by atoms with Crippen LogP contribution in [0, 0.1) is 6.92 Å². The molecule has 0 saturated heterocycles. The lowest BCUT2D eigenvalue weighted by atomic mass is 10.1. The zero-order valence-electron chi connectivity index (χ0n) is 9.55. The number of hydrogen-bond donors (Lipinski definition) is 0. The summed E-state index contributed by atoms with van der Waals surface area (Å²) in [5, 5.41) is 1.10. The molecule has 2 heterocycles. The van der Waals surface area contributed by atoms with Gasteiger partial charge in [-0.2, -0.15) is 0 Å². The molecule has 1 aromatic carbocycles. The molecule has 1 aromatic heterocycles. The van der Waals surface area contributed by atoms with Crippen LogP contribution in [0.15, 0.2) is 47.8 Å². The van der Waals surface area contributed by atoms with Crippen LogP contribution in [0.5, 0.6) is 0 Å². The van der Waals surface area contributed by atoms with Gasteiger partial charge >= 0.3 is 0 Å². The smallest absolute Gasteiger partial charge is 0.116 e.